The van der Waals surface area contributed by atoms with Gasteiger partial charge >= 0.3 is 0 Å². The molecule has 116 valence electrons. The van der Waals surface area contributed by atoms with Crippen LogP contribution in [0.15, 0.2) is 55.4 Å². The van der Waals surface area contributed by atoms with Crippen LogP contribution in [0.5, 0.6) is 5.88 Å². The van der Waals surface area contributed by atoms with Crippen molar-refractivity contribution in [1.82, 2.24) is 15.3 Å². The van der Waals surface area contributed by atoms with Gasteiger partial charge in [-0.05, 0) is 11.6 Å². The number of aromatic nitrogens is 2. The first-order chi connectivity index (χ1) is 11.3. The molecule has 0 saturated carbocycles. The van der Waals surface area contributed by atoms with Crippen LogP contribution in [0.4, 0.5) is 0 Å². The van der Waals surface area contributed by atoms with E-state index in [2.05, 4.69) is 21.9 Å². The smallest absolute Gasteiger partial charge is 0.258 e. The van der Waals surface area contributed by atoms with Crippen LogP contribution in [0.25, 0.3) is 20.7 Å². The fraction of sp³-hybridized carbons (Fsp3) is 0.118. The molecule has 1 amide bonds. The highest BCUT2D eigenvalue weighted by Gasteiger charge is 2.12. The Morgan fingerprint density at radius 3 is 2.91 bits per heavy atom. The van der Waals surface area contributed by atoms with E-state index < -0.39 is 0 Å². The molecular weight excluding hydrogens is 310 g/mol. The van der Waals surface area contributed by atoms with Gasteiger partial charge in [-0.2, -0.15) is 0 Å². The zero-order valence-corrected chi connectivity index (χ0v) is 13.2. The van der Waals surface area contributed by atoms with E-state index in [1.807, 2.05) is 36.4 Å². The minimum absolute atomic E-state index is 0.0868. The lowest BCUT2D eigenvalue weighted by molar-refractivity contribution is -0.122. The van der Waals surface area contributed by atoms with E-state index in [0.717, 1.165) is 20.7 Å². The van der Waals surface area contributed by atoms with Gasteiger partial charge in [0.25, 0.3) is 5.91 Å². The Bertz CT molecular complexity index is 830. The van der Waals surface area contributed by atoms with Gasteiger partial charge in [-0.15, -0.1) is 17.9 Å². The van der Waals surface area contributed by atoms with Gasteiger partial charge in [0.2, 0.25) is 5.88 Å². The summed E-state index contributed by atoms with van der Waals surface area (Å²) in [6.45, 7) is 3.88. The molecule has 3 rings (SSSR count). The number of ether oxygens (including phenoxy) is 1. The van der Waals surface area contributed by atoms with E-state index >= 15 is 0 Å². The van der Waals surface area contributed by atoms with E-state index in [-0.39, 0.29) is 12.5 Å². The lowest BCUT2D eigenvalue weighted by Crippen LogP contribution is -2.28. The Balaban J connectivity index is 1.83. The molecular formula is C17H15N3O2S. The molecule has 5 nitrogen and oxygen atoms in total. The average molecular weight is 325 g/mol. The zero-order valence-electron chi connectivity index (χ0n) is 12.4. The summed E-state index contributed by atoms with van der Waals surface area (Å²) in [6, 6.07) is 12.0. The number of rotatable bonds is 6. The highest BCUT2D eigenvalue weighted by atomic mass is 32.1. The third kappa shape index (κ3) is 3.54. The Kier molecular flexibility index (Phi) is 4.63. The SMILES string of the molecule is C=CCNC(=O)COc1ncnc2sc(-c3ccccc3)cc12. The van der Waals surface area contributed by atoms with Crippen LogP contribution < -0.4 is 10.1 Å². The summed E-state index contributed by atoms with van der Waals surface area (Å²) >= 11 is 1.57. The minimum Gasteiger partial charge on any atom is -0.467 e. The predicted octanol–water partition coefficient (Wildman–Crippen LogP) is 3.04. The molecule has 2 heterocycles. The number of carbonyl (C=O) groups excluding carboxylic acids is 1. The fourth-order valence-electron chi connectivity index (χ4n) is 2.06. The summed E-state index contributed by atoms with van der Waals surface area (Å²) < 4.78 is 5.54. The van der Waals surface area contributed by atoms with Crippen molar-refractivity contribution in [2.24, 2.45) is 0 Å². The second-order valence-electron chi connectivity index (χ2n) is 4.76. The standard InChI is InChI=1S/C17H15N3O2S/c1-2-8-18-15(21)10-22-16-13-9-14(12-6-4-3-5-7-12)23-17(13)20-11-19-16/h2-7,9,11H,1,8,10H2,(H,18,21). The van der Waals surface area contributed by atoms with Crippen LogP contribution in [0.3, 0.4) is 0 Å². The quantitative estimate of drug-likeness (QED) is 0.708. The molecule has 1 aromatic carbocycles. The van der Waals surface area contributed by atoms with E-state index in [9.17, 15) is 4.79 Å². The van der Waals surface area contributed by atoms with E-state index in [0.29, 0.717) is 12.4 Å². The number of nitrogens with one attached hydrogen (secondary N) is 1. The third-order valence-electron chi connectivity index (χ3n) is 3.13. The van der Waals surface area contributed by atoms with Gasteiger partial charge in [-0.1, -0.05) is 36.4 Å². The molecule has 0 radical (unpaired) electrons. The molecule has 2 aromatic heterocycles. The first kappa shape index (κ1) is 15.2. The molecule has 6 heteroatoms. The Labute approximate surface area is 137 Å². The summed E-state index contributed by atoms with van der Waals surface area (Å²) in [4.78, 5) is 21.9. The molecule has 0 aliphatic rings. The number of hydrogen-bond acceptors (Lipinski definition) is 5. The van der Waals surface area contributed by atoms with Gasteiger partial charge in [0.15, 0.2) is 6.61 Å². The summed E-state index contributed by atoms with van der Waals surface area (Å²) in [5, 5.41) is 3.47. The molecule has 0 fully saturated rings. The average Bonchev–Trinajstić information content (AvgIpc) is 3.03. The molecule has 0 aliphatic heterocycles. The highest BCUT2D eigenvalue weighted by Crippen LogP contribution is 2.35. The number of nitrogens with zero attached hydrogens (tertiary/aromatic N) is 2. The van der Waals surface area contributed by atoms with Crippen molar-refractivity contribution < 1.29 is 9.53 Å². The number of amides is 1. The molecule has 0 spiro atoms. The molecule has 3 aromatic rings. The van der Waals surface area contributed by atoms with Gasteiger partial charge in [0, 0.05) is 11.4 Å². The first-order valence-electron chi connectivity index (χ1n) is 7.08. The van der Waals surface area contributed by atoms with Crippen LogP contribution in [0.2, 0.25) is 0 Å². The second-order valence-corrected chi connectivity index (χ2v) is 5.79. The van der Waals surface area contributed by atoms with Gasteiger partial charge in [0.05, 0.1) is 5.39 Å². The minimum atomic E-state index is -0.213. The Hall–Kier alpha value is -2.73. The maximum absolute atomic E-state index is 11.6. The van der Waals surface area contributed by atoms with Crippen LogP contribution in [0.1, 0.15) is 0 Å². The van der Waals surface area contributed by atoms with E-state index in [1.54, 1.807) is 17.4 Å². The van der Waals surface area contributed by atoms with Crippen molar-refractivity contribution in [3.63, 3.8) is 0 Å². The summed E-state index contributed by atoms with van der Waals surface area (Å²) in [7, 11) is 0. The predicted molar refractivity (Wildman–Crippen MR) is 91.6 cm³/mol. The normalized spacial score (nSPS) is 10.4. The highest BCUT2D eigenvalue weighted by molar-refractivity contribution is 7.21. The van der Waals surface area contributed by atoms with Gasteiger partial charge in [-0.25, -0.2) is 9.97 Å². The fourth-order valence-corrected chi connectivity index (χ4v) is 3.06. The third-order valence-corrected chi connectivity index (χ3v) is 4.23. The molecule has 1 N–H and O–H groups in total. The molecule has 0 saturated heterocycles. The molecule has 0 atom stereocenters. The number of hydrogen-bond donors (Lipinski definition) is 1. The van der Waals surface area contributed by atoms with Crippen molar-refractivity contribution in [3.05, 3.63) is 55.4 Å². The van der Waals surface area contributed by atoms with Gasteiger partial charge in [0.1, 0.15) is 11.2 Å². The zero-order chi connectivity index (χ0) is 16.1. The molecule has 0 aliphatic carbocycles. The largest absolute Gasteiger partial charge is 0.467 e. The lowest BCUT2D eigenvalue weighted by Gasteiger charge is -2.05. The summed E-state index contributed by atoms with van der Waals surface area (Å²) in [6.07, 6.45) is 3.07. The number of carbonyl (C=O) groups is 1. The number of fused-ring (bicyclic) bond motifs is 1. The van der Waals surface area contributed by atoms with Crippen molar-refractivity contribution >= 4 is 27.5 Å². The number of thiophene rings is 1. The summed E-state index contributed by atoms with van der Waals surface area (Å²) in [5.74, 6) is 0.206. The number of benzene rings is 1. The van der Waals surface area contributed by atoms with Gasteiger partial charge < -0.3 is 10.1 Å². The van der Waals surface area contributed by atoms with Crippen LogP contribution in [-0.2, 0) is 4.79 Å². The lowest BCUT2D eigenvalue weighted by atomic mass is 10.2. The summed E-state index contributed by atoms with van der Waals surface area (Å²) in [5.41, 5.74) is 1.12. The van der Waals surface area contributed by atoms with Crippen molar-refractivity contribution in [2.45, 2.75) is 0 Å². The molecule has 0 bridgehead atoms. The maximum atomic E-state index is 11.6. The van der Waals surface area contributed by atoms with Crippen LogP contribution in [0, 0.1) is 0 Å². The molecule has 23 heavy (non-hydrogen) atoms. The Morgan fingerprint density at radius 1 is 1.30 bits per heavy atom. The van der Waals surface area contributed by atoms with E-state index in [4.69, 9.17) is 4.74 Å². The topological polar surface area (TPSA) is 64.1 Å². The van der Waals surface area contributed by atoms with Gasteiger partial charge in [-0.3, -0.25) is 4.79 Å². The molecule has 0 unspecified atom stereocenters. The van der Waals surface area contributed by atoms with Crippen LogP contribution >= 0.6 is 11.3 Å². The first-order valence-corrected chi connectivity index (χ1v) is 7.90. The van der Waals surface area contributed by atoms with Crippen molar-refractivity contribution in [3.8, 4) is 16.3 Å². The monoisotopic (exact) mass is 325 g/mol. The second kappa shape index (κ2) is 7.02. The van der Waals surface area contributed by atoms with Crippen molar-refractivity contribution in [2.75, 3.05) is 13.2 Å². The van der Waals surface area contributed by atoms with E-state index in [1.165, 1.54) is 6.33 Å². The van der Waals surface area contributed by atoms with Crippen LogP contribution in [-0.4, -0.2) is 29.0 Å². The van der Waals surface area contributed by atoms with Crippen molar-refractivity contribution in [1.29, 1.82) is 0 Å². The maximum Gasteiger partial charge on any atom is 0.258 e. The Morgan fingerprint density at radius 2 is 2.13 bits per heavy atom.